The van der Waals surface area contributed by atoms with Crippen molar-refractivity contribution in [3.8, 4) is 28.3 Å². The Bertz CT molecular complexity index is 1530. The van der Waals surface area contributed by atoms with E-state index < -0.39 is 8.32 Å². The molecule has 5 rings (SSSR count). The second-order valence-corrected chi connectivity index (χ2v) is 17.3. The Morgan fingerprint density at radius 2 is 1.59 bits per heavy atom. The predicted octanol–water partition coefficient (Wildman–Crippen LogP) is 8.92. The maximum absolute atomic E-state index is 6.41. The van der Waals surface area contributed by atoms with Crippen LogP contribution in [-0.4, -0.2) is 28.2 Å². The third-order valence-corrected chi connectivity index (χ3v) is 12.9. The van der Waals surface area contributed by atoms with Crippen molar-refractivity contribution in [2.75, 3.05) is 0 Å². The Hall–Kier alpha value is -3.17. The van der Waals surface area contributed by atoms with E-state index in [1.807, 2.05) is 53.2 Å². The number of halogens is 1. The van der Waals surface area contributed by atoms with Gasteiger partial charge in [0.2, 0.25) is 12.2 Å². The van der Waals surface area contributed by atoms with Gasteiger partial charge in [-0.2, -0.15) is 10.1 Å². The van der Waals surface area contributed by atoms with E-state index in [2.05, 4.69) is 74.5 Å². The number of nitrogens with zero attached hydrogens (tertiary/aromatic N) is 4. The van der Waals surface area contributed by atoms with Crippen LogP contribution in [0.5, 0.6) is 0 Å². The van der Waals surface area contributed by atoms with Gasteiger partial charge in [-0.05, 0) is 60.1 Å². The number of benzene rings is 3. The monoisotopic (exact) mass is 574 g/mol. The molecule has 0 radical (unpaired) electrons. The van der Waals surface area contributed by atoms with Crippen molar-refractivity contribution in [2.24, 2.45) is 0 Å². The largest absolute Gasteiger partial charge is 0.413 e. The molecule has 0 aliphatic heterocycles. The van der Waals surface area contributed by atoms with Crippen LogP contribution >= 0.6 is 23.4 Å². The molecule has 2 aromatic heterocycles. The van der Waals surface area contributed by atoms with E-state index >= 15 is 0 Å². The molecule has 0 saturated carbocycles. The molecule has 0 bridgehead atoms. The summed E-state index contributed by atoms with van der Waals surface area (Å²) in [5.41, 5.74) is 4.91. The highest BCUT2D eigenvalue weighted by Gasteiger charge is 2.37. The molecular weight excluding hydrogens is 544 g/mol. The summed E-state index contributed by atoms with van der Waals surface area (Å²) in [5, 5.41) is 9.82. The molecule has 0 spiro atoms. The van der Waals surface area contributed by atoms with Crippen LogP contribution in [0.3, 0.4) is 0 Å². The van der Waals surface area contributed by atoms with Crippen LogP contribution in [0.1, 0.15) is 26.3 Å². The normalized spacial score (nSPS) is 12.2. The molecular formula is C30H31ClN4O2SSi. The molecule has 39 heavy (non-hydrogen) atoms. The minimum Gasteiger partial charge on any atom is -0.413 e. The molecule has 0 N–H and O–H groups in total. The fraction of sp³-hybridized carbons (Fsp3) is 0.233. The lowest BCUT2D eigenvalue weighted by molar-refractivity contribution is 0.276. The van der Waals surface area contributed by atoms with Crippen LogP contribution in [0.4, 0.5) is 0 Å². The second kappa shape index (κ2) is 11.1. The summed E-state index contributed by atoms with van der Waals surface area (Å²) < 4.78 is 13.2. The summed E-state index contributed by atoms with van der Waals surface area (Å²) in [4.78, 5) is 6.26. The zero-order valence-electron chi connectivity index (χ0n) is 22.7. The van der Waals surface area contributed by atoms with E-state index in [1.165, 1.54) is 6.39 Å². The van der Waals surface area contributed by atoms with Crippen LogP contribution in [0.25, 0.3) is 28.3 Å². The van der Waals surface area contributed by atoms with E-state index in [0.29, 0.717) is 17.5 Å². The highest BCUT2D eigenvalue weighted by molar-refractivity contribution is 7.99. The maximum atomic E-state index is 6.41. The van der Waals surface area contributed by atoms with Crippen LogP contribution in [-0.2, 0) is 11.0 Å². The van der Waals surface area contributed by atoms with Gasteiger partial charge < -0.3 is 8.95 Å². The number of hydrogen-bond acceptors (Lipinski definition) is 6. The first-order valence-electron chi connectivity index (χ1n) is 12.7. The topological polar surface area (TPSA) is 66.0 Å². The average molecular weight is 575 g/mol. The molecule has 0 saturated heterocycles. The van der Waals surface area contributed by atoms with Gasteiger partial charge in [0.05, 0.1) is 17.2 Å². The molecule has 0 unspecified atom stereocenters. The molecule has 0 atom stereocenters. The summed E-state index contributed by atoms with van der Waals surface area (Å²) >= 11 is 7.77. The number of hydrogen-bond donors (Lipinski definition) is 0. The van der Waals surface area contributed by atoms with Crippen molar-refractivity contribution in [1.82, 2.24) is 19.9 Å². The first kappa shape index (κ1) is 27.4. The fourth-order valence-corrected chi connectivity index (χ4v) is 5.72. The van der Waals surface area contributed by atoms with Gasteiger partial charge in [-0.25, -0.2) is 4.68 Å². The Labute approximate surface area is 239 Å². The third-order valence-electron chi connectivity index (χ3n) is 7.11. The Morgan fingerprint density at radius 3 is 2.21 bits per heavy atom. The second-order valence-electron chi connectivity index (χ2n) is 10.9. The molecule has 3 aromatic carbocycles. The van der Waals surface area contributed by atoms with E-state index in [4.69, 9.17) is 25.6 Å². The van der Waals surface area contributed by atoms with Gasteiger partial charge in [0, 0.05) is 27.2 Å². The average Bonchev–Trinajstić information content (AvgIpc) is 3.60. The Balaban J connectivity index is 1.43. The summed E-state index contributed by atoms with van der Waals surface area (Å²) in [6.07, 6.45) is 3.40. The van der Waals surface area contributed by atoms with Crippen molar-refractivity contribution in [2.45, 2.75) is 55.3 Å². The lowest BCUT2D eigenvalue weighted by Crippen LogP contribution is -2.40. The van der Waals surface area contributed by atoms with Gasteiger partial charge in [-0.15, -0.1) is 0 Å². The highest BCUT2D eigenvalue weighted by atomic mass is 35.5. The van der Waals surface area contributed by atoms with Gasteiger partial charge in [-0.3, -0.25) is 0 Å². The molecule has 0 fully saturated rings. The molecule has 9 heteroatoms. The van der Waals surface area contributed by atoms with Crippen molar-refractivity contribution >= 4 is 31.7 Å². The van der Waals surface area contributed by atoms with E-state index in [0.717, 1.165) is 37.9 Å². The summed E-state index contributed by atoms with van der Waals surface area (Å²) in [7, 11) is -1.81. The van der Waals surface area contributed by atoms with Gasteiger partial charge in [0.15, 0.2) is 8.32 Å². The van der Waals surface area contributed by atoms with E-state index in [-0.39, 0.29) is 5.04 Å². The first-order valence-corrected chi connectivity index (χ1v) is 16.8. The summed E-state index contributed by atoms with van der Waals surface area (Å²) in [6, 6.07) is 24.3. The van der Waals surface area contributed by atoms with Crippen molar-refractivity contribution in [3.63, 3.8) is 0 Å². The van der Waals surface area contributed by atoms with Gasteiger partial charge in [-0.1, -0.05) is 85.7 Å². The van der Waals surface area contributed by atoms with E-state index in [1.54, 1.807) is 11.8 Å². The van der Waals surface area contributed by atoms with Crippen LogP contribution in [0, 0.1) is 0 Å². The molecule has 0 aliphatic rings. The minimum atomic E-state index is -1.81. The zero-order chi connectivity index (χ0) is 27.6. The molecule has 0 amide bonds. The van der Waals surface area contributed by atoms with E-state index in [9.17, 15) is 0 Å². The van der Waals surface area contributed by atoms with Gasteiger partial charge in [0.1, 0.15) is 5.69 Å². The fourth-order valence-electron chi connectivity index (χ4n) is 3.69. The molecule has 5 aromatic rings. The first-order chi connectivity index (χ1) is 18.6. The third kappa shape index (κ3) is 6.36. The molecule has 200 valence electrons. The van der Waals surface area contributed by atoms with Crippen molar-refractivity contribution < 1.29 is 8.95 Å². The van der Waals surface area contributed by atoms with Crippen molar-refractivity contribution in [3.05, 3.63) is 96.0 Å². The van der Waals surface area contributed by atoms with Crippen molar-refractivity contribution in [1.29, 1.82) is 0 Å². The predicted molar refractivity (Wildman–Crippen MR) is 160 cm³/mol. The summed E-state index contributed by atoms with van der Waals surface area (Å²) in [5.74, 6) is 0.556. The SMILES string of the molecule is CC(C)(C)[Si](C)(C)OCc1ccc(-n2cc(Sc3ccc(Cl)cc3)c(-c3ccc(-c4ncon4)cc3)n2)cc1. The quantitative estimate of drug-likeness (QED) is 0.172. The lowest BCUT2D eigenvalue weighted by atomic mass is 10.1. The van der Waals surface area contributed by atoms with Crippen LogP contribution in [0.2, 0.25) is 23.2 Å². The zero-order valence-corrected chi connectivity index (χ0v) is 25.3. The van der Waals surface area contributed by atoms with Crippen LogP contribution < -0.4 is 0 Å². The van der Waals surface area contributed by atoms with Gasteiger partial charge in [0.25, 0.3) is 0 Å². The van der Waals surface area contributed by atoms with Crippen LogP contribution in [0.15, 0.2) is 99.7 Å². The highest BCUT2D eigenvalue weighted by Crippen LogP contribution is 2.38. The molecule has 0 aliphatic carbocycles. The van der Waals surface area contributed by atoms with Gasteiger partial charge >= 0.3 is 0 Å². The Kier molecular flexibility index (Phi) is 7.82. The lowest BCUT2D eigenvalue weighted by Gasteiger charge is -2.36. The number of aromatic nitrogens is 4. The molecule has 6 nitrogen and oxygen atoms in total. The smallest absolute Gasteiger partial charge is 0.214 e. The molecule has 2 heterocycles. The summed E-state index contributed by atoms with van der Waals surface area (Å²) in [6.45, 7) is 12.0. The number of rotatable bonds is 8. The standard InChI is InChI=1S/C30H31ClN4O2SSi/c1-30(2,3)39(4,5)37-19-21-6-14-25(15-7-21)35-18-27(38-26-16-12-24(31)13-17-26)28(33-35)22-8-10-23(11-9-22)29-32-20-36-34-29/h6-18,20H,19H2,1-5H3. The Morgan fingerprint density at radius 1 is 0.923 bits per heavy atom. The maximum Gasteiger partial charge on any atom is 0.214 e. The minimum absolute atomic E-state index is 0.181.